The lowest BCUT2D eigenvalue weighted by Crippen LogP contribution is -2.35. The number of rotatable bonds is 9. The fraction of sp³-hybridized carbons (Fsp3) is 0.667. The quantitative estimate of drug-likeness (QED) is 0.580. The first-order chi connectivity index (χ1) is 10.7. The van der Waals surface area contributed by atoms with Gasteiger partial charge in [-0.3, -0.25) is 4.79 Å². The molecular formula is C15H27N3O3S2. The van der Waals surface area contributed by atoms with Gasteiger partial charge in [-0.1, -0.05) is 20.8 Å². The Balaban J connectivity index is 2.49. The van der Waals surface area contributed by atoms with Crippen LogP contribution in [0.2, 0.25) is 0 Å². The number of unbranched alkanes of at least 4 members (excludes halogenated alkanes) is 1. The second-order valence-corrected chi connectivity index (χ2v) is 9.53. The molecule has 1 amide bonds. The maximum atomic E-state index is 12.1. The molecule has 0 aliphatic heterocycles. The molecule has 4 N–H and O–H groups in total. The summed E-state index contributed by atoms with van der Waals surface area (Å²) in [6, 6.07) is 3.40. The van der Waals surface area contributed by atoms with Gasteiger partial charge in [0.25, 0.3) is 0 Å². The van der Waals surface area contributed by atoms with Gasteiger partial charge < -0.3 is 11.1 Å². The van der Waals surface area contributed by atoms with E-state index in [0.29, 0.717) is 30.3 Å². The van der Waals surface area contributed by atoms with Crippen LogP contribution in [0.25, 0.3) is 0 Å². The summed E-state index contributed by atoms with van der Waals surface area (Å²) >= 11 is 1.24. The molecule has 0 unspecified atom stereocenters. The summed E-state index contributed by atoms with van der Waals surface area (Å²) in [7, 11) is -3.44. The Bertz CT molecular complexity index is 604. The number of carbonyl (C=O) groups excluding carboxylic acids is 1. The minimum absolute atomic E-state index is 0.0107. The number of nitrogens with two attached hydrogens (primary N) is 1. The maximum Gasteiger partial charge on any atom is 0.250 e. The average Bonchev–Trinajstić information content (AvgIpc) is 2.92. The number of carbonyl (C=O) groups is 1. The molecule has 132 valence electrons. The van der Waals surface area contributed by atoms with Crippen molar-refractivity contribution in [3.63, 3.8) is 0 Å². The highest BCUT2D eigenvalue weighted by Crippen LogP contribution is 2.22. The molecule has 6 nitrogen and oxygen atoms in total. The van der Waals surface area contributed by atoms with Gasteiger partial charge >= 0.3 is 0 Å². The smallest absolute Gasteiger partial charge is 0.250 e. The van der Waals surface area contributed by atoms with E-state index in [0.717, 1.165) is 17.7 Å². The van der Waals surface area contributed by atoms with Crippen LogP contribution in [0.5, 0.6) is 0 Å². The van der Waals surface area contributed by atoms with E-state index in [-0.39, 0.29) is 5.91 Å². The molecule has 0 saturated carbocycles. The van der Waals surface area contributed by atoms with Crippen LogP contribution >= 0.6 is 11.3 Å². The average molecular weight is 362 g/mol. The maximum absolute atomic E-state index is 12.1. The van der Waals surface area contributed by atoms with E-state index in [1.807, 2.05) is 20.8 Å². The van der Waals surface area contributed by atoms with Crippen LogP contribution in [0.4, 0.5) is 0 Å². The highest BCUT2D eigenvalue weighted by molar-refractivity contribution is 7.91. The van der Waals surface area contributed by atoms with Crippen molar-refractivity contribution in [1.29, 1.82) is 0 Å². The molecule has 8 heteroatoms. The number of sulfonamides is 1. The normalized spacial score (nSPS) is 12.3. The van der Waals surface area contributed by atoms with Gasteiger partial charge in [0.2, 0.25) is 15.9 Å². The van der Waals surface area contributed by atoms with E-state index in [9.17, 15) is 13.2 Å². The Labute approximate surface area is 142 Å². The summed E-state index contributed by atoms with van der Waals surface area (Å²) in [5.74, 6) is -0.0107. The number of nitrogens with one attached hydrogen (secondary N) is 2. The van der Waals surface area contributed by atoms with E-state index in [4.69, 9.17) is 5.73 Å². The Hall–Kier alpha value is -0.960. The molecule has 0 radical (unpaired) electrons. The molecule has 1 aromatic heterocycles. The number of thiophene rings is 1. The van der Waals surface area contributed by atoms with E-state index in [1.54, 1.807) is 12.1 Å². The molecule has 23 heavy (non-hydrogen) atoms. The van der Waals surface area contributed by atoms with Crippen LogP contribution < -0.4 is 15.8 Å². The van der Waals surface area contributed by atoms with Crippen LogP contribution in [0, 0.1) is 5.41 Å². The van der Waals surface area contributed by atoms with E-state index in [2.05, 4.69) is 10.0 Å². The first kappa shape index (κ1) is 20.1. The lowest BCUT2D eigenvalue weighted by molar-refractivity contribution is -0.128. The Morgan fingerprint density at radius 3 is 2.52 bits per heavy atom. The van der Waals surface area contributed by atoms with Gasteiger partial charge in [-0.05, 0) is 37.9 Å². The molecule has 0 bridgehead atoms. The van der Waals surface area contributed by atoms with Crippen LogP contribution in [-0.4, -0.2) is 34.0 Å². The van der Waals surface area contributed by atoms with Crippen molar-refractivity contribution in [1.82, 2.24) is 10.0 Å². The van der Waals surface area contributed by atoms with Gasteiger partial charge in [0.1, 0.15) is 4.21 Å². The van der Waals surface area contributed by atoms with Crippen molar-refractivity contribution in [2.45, 2.75) is 44.2 Å². The third-order valence-corrected chi connectivity index (χ3v) is 6.26. The molecule has 1 rings (SSSR count). The highest BCUT2D eigenvalue weighted by atomic mass is 32.2. The lowest BCUT2D eigenvalue weighted by atomic mass is 9.96. The molecule has 0 aliphatic carbocycles. The minimum Gasteiger partial charge on any atom is -0.355 e. The van der Waals surface area contributed by atoms with Crippen molar-refractivity contribution in [3.05, 3.63) is 17.0 Å². The van der Waals surface area contributed by atoms with Gasteiger partial charge in [0.05, 0.1) is 0 Å². The molecule has 0 aliphatic rings. The number of amides is 1. The topological polar surface area (TPSA) is 101 Å². The van der Waals surface area contributed by atoms with Crippen LogP contribution in [0.15, 0.2) is 16.3 Å². The molecule has 0 spiro atoms. The Kier molecular flexibility index (Phi) is 7.66. The summed E-state index contributed by atoms with van der Waals surface area (Å²) in [5, 5.41) is 2.86. The van der Waals surface area contributed by atoms with Crippen molar-refractivity contribution >= 4 is 27.3 Å². The number of hydrogen-bond acceptors (Lipinski definition) is 5. The first-order valence-corrected chi connectivity index (χ1v) is 10.0. The Morgan fingerprint density at radius 1 is 1.22 bits per heavy atom. The molecule has 1 heterocycles. The SMILES string of the molecule is CC(C)(C)C(=O)NCCc1ccc(S(=O)(=O)NCCCCN)s1. The summed E-state index contributed by atoms with van der Waals surface area (Å²) < 4.78 is 27.1. The van der Waals surface area contributed by atoms with Crippen molar-refractivity contribution < 1.29 is 13.2 Å². The summed E-state index contributed by atoms with van der Waals surface area (Å²) in [6.45, 7) is 7.02. The standard InChI is InChI=1S/C15H27N3O3S2/c1-15(2,3)14(19)17-11-8-12-6-7-13(22-12)23(20,21)18-10-5-4-9-16/h6-7,18H,4-5,8-11,16H2,1-3H3,(H,17,19). The van der Waals surface area contributed by atoms with Crippen LogP contribution in [0.1, 0.15) is 38.5 Å². The predicted molar refractivity (Wildman–Crippen MR) is 94.0 cm³/mol. The van der Waals surface area contributed by atoms with Gasteiger partial charge in [0, 0.05) is 23.4 Å². The lowest BCUT2D eigenvalue weighted by Gasteiger charge is -2.17. The van der Waals surface area contributed by atoms with Gasteiger partial charge in [-0.25, -0.2) is 13.1 Å². The summed E-state index contributed by atoms with van der Waals surface area (Å²) in [5.41, 5.74) is 4.96. The largest absolute Gasteiger partial charge is 0.355 e. The van der Waals surface area contributed by atoms with Gasteiger partial charge in [-0.15, -0.1) is 11.3 Å². The second-order valence-electron chi connectivity index (χ2n) is 6.37. The van der Waals surface area contributed by atoms with Crippen molar-refractivity contribution in [2.75, 3.05) is 19.6 Å². The second kappa shape index (κ2) is 8.77. The zero-order valence-corrected chi connectivity index (χ0v) is 15.6. The molecular weight excluding hydrogens is 334 g/mol. The van der Waals surface area contributed by atoms with Gasteiger partial charge in [-0.2, -0.15) is 0 Å². The zero-order valence-electron chi connectivity index (χ0n) is 14.0. The molecule has 0 aromatic carbocycles. The van der Waals surface area contributed by atoms with E-state index in [1.165, 1.54) is 11.3 Å². The van der Waals surface area contributed by atoms with E-state index < -0.39 is 15.4 Å². The molecule has 1 aromatic rings. The predicted octanol–water partition coefficient (Wildman–Crippen LogP) is 1.47. The molecule has 0 atom stereocenters. The molecule has 0 fully saturated rings. The van der Waals surface area contributed by atoms with Crippen LogP contribution in [0.3, 0.4) is 0 Å². The fourth-order valence-corrected chi connectivity index (χ4v) is 4.22. The number of hydrogen-bond donors (Lipinski definition) is 3. The minimum atomic E-state index is -3.44. The van der Waals surface area contributed by atoms with Crippen molar-refractivity contribution in [3.8, 4) is 0 Å². The highest BCUT2D eigenvalue weighted by Gasteiger charge is 2.20. The monoisotopic (exact) mass is 361 g/mol. The van der Waals surface area contributed by atoms with Crippen LogP contribution in [-0.2, 0) is 21.2 Å². The zero-order chi connectivity index (χ0) is 17.5. The van der Waals surface area contributed by atoms with Gasteiger partial charge in [0.15, 0.2) is 0 Å². The summed E-state index contributed by atoms with van der Waals surface area (Å²) in [4.78, 5) is 12.7. The summed E-state index contributed by atoms with van der Waals surface area (Å²) in [6.07, 6.45) is 2.15. The Morgan fingerprint density at radius 2 is 1.91 bits per heavy atom. The van der Waals surface area contributed by atoms with Crippen molar-refractivity contribution in [2.24, 2.45) is 11.1 Å². The fourth-order valence-electron chi connectivity index (χ4n) is 1.75. The first-order valence-electron chi connectivity index (χ1n) is 7.73. The third-order valence-electron chi connectivity index (χ3n) is 3.16. The van der Waals surface area contributed by atoms with E-state index >= 15 is 0 Å². The third kappa shape index (κ3) is 6.99. The molecule has 0 saturated heterocycles.